The highest BCUT2D eigenvalue weighted by Crippen LogP contribution is 2.20. The largest absolute Gasteiger partial charge is 0.497 e. The molecule has 10 heteroatoms. The Labute approximate surface area is 178 Å². The molecule has 0 aliphatic carbocycles. The SMILES string of the molecule is COc1cccc(CC(=O)N2CCN(c3nc4c(c(=O)n(C)c(=O)n4C)n3C)CC2)c1. The summed E-state index contributed by atoms with van der Waals surface area (Å²) in [6.45, 7) is 2.30. The van der Waals surface area contributed by atoms with Gasteiger partial charge in [-0.25, -0.2) is 4.79 Å². The van der Waals surface area contributed by atoms with Gasteiger partial charge in [0.15, 0.2) is 11.2 Å². The molecule has 0 N–H and O–H groups in total. The summed E-state index contributed by atoms with van der Waals surface area (Å²) in [6, 6.07) is 7.52. The van der Waals surface area contributed by atoms with E-state index in [2.05, 4.69) is 4.98 Å². The molecule has 164 valence electrons. The number of aryl methyl sites for hydroxylation is 2. The molecule has 0 saturated carbocycles. The van der Waals surface area contributed by atoms with Crippen molar-refractivity contribution < 1.29 is 9.53 Å². The molecule has 10 nitrogen and oxygen atoms in total. The van der Waals surface area contributed by atoms with Crippen LogP contribution in [0.15, 0.2) is 33.9 Å². The van der Waals surface area contributed by atoms with E-state index in [0.29, 0.717) is 49.7 Å². The van der Waals surface area contributed by atoms with Crippen molar-refractivity contribution in [2.75, 3.05) is 38.2 Å². The second kappa shape index (κ2) is 7.93. The third kappa shape index (κ3) is 3.58. The molecular formula is C21H26N6O4. The fourth-order valence-electron chi connectivity index (χ4n) is 4.01. The zero-order valence-electron chi connectivity index (χ0n) is 18.2. The highest BCUT2D eigenvalue weighted by atomic mass is 16.5. The topological polar surface area (TPSA) is 94.6 Å². The van der Waals surface area contributed by atoms with Crippen LogP contribution in [0.2, 0.25) is 0 Å². The third-order valence-electron chi connectivity index (χ3n) is 5.86. The Morgan fingerprint density at radius 2 is 1.74 bits per heavy atom. The molecule has 0 unspecified atom stereocenters. The average molecular weight is 426 g/mol. The monoisotopic (exact) mass is 426 g/mol. The maximum atomic E-state index is 12.7. The van der Waals surface area contributed by atoms with Gasteiger partial charge in [0.2, 0.25) is 11.9 Å². The molecule has 0 radical (unpaired) electrons. The molecule has 3 heterocycles. The Bertz CT molecular complexity index is 1260. The Kier molecular flexibility index (Phi) is 5.30. The molecule has 0 atom stereocenters. The van der Waals surface area contributed by atoms with Crippen molar-refractivity contribution in [1.29, 1.82) is 0 Å². The standard InChI is InChI=1S/C21H26N6O4/c1-23-17-18(24(2)21(30)25(3)19(17)29)22-20(23)27-10-8-26(9-11-27)16(28)13-14-6-5-7-15(12-14)31-4/h5-7,12H,8-11,13H2,1-4H3. The van der Waals surface area contributed by atoms with Crippen molar-refractivity contribution in [3.63, 3.8) is 0 Å². The number of methoxy groups -OCH3 is 1. The first-order valence-corrected chi connectivity index (χ1v) is 10.1. The van der Waals surface area contributed by atoms with Gasteiger partial charge in [0.1, 0.15) is 5.75 Å². The van der Waals surface area contributed by atoms with E-state index in [1.807, 2.05) is 34.1 Å². The van der Waals surface area contributed by atoms with Crippen LogP contribution in [0.1, 0.15) is 5.56 Å². The Morgan fingerprint density at radius 3 is 2.42 bits per heavy atom. The van der Waals surface area contributed by atoms with E-state index in [9.17, 15) is 14.4 Å². The summed E-state index contributed by atoms with van der Waals surface area (Å²) < 4.78 is 9.42. The van der Waals surface area contributed by atoms with Gasteiger partial charge in [-0.1, -0.05) is 12.1 Å². The average Bonchev–Trinajstić information content (AvgIpc) is 3.13. The first-order chi connectivity index (χ1) is 14.8. The van der Waals surface area contributed by atoms with E-state index in [0.717, 1.165) is 15.9 Å². The Hall–Kier alpha value is -3.56. The van der Waals surface area contributed by atoms with E-state index in [1.165, 1.54) is 11.6 Å². The quantitative estimate of drug-likeness (QED) is 0.577. The fraction of sp³-hybridized carbons (Fsp3) is 0.429. The van der Waals surface area contributed by atoms with Crippen LogP contribution in [0, 0.1) is 0 Å². The minimum absolute atomic E-state index is 0.0640. The minimum atomic E-state index is -0.407. The fourth-order valence-corrected chi connectivity index (χ4v) is 4.01. The van der Waals surface area contributed by atoms with Crippen LogP contribution in [0.4, 0.5) is 5.95 Å². The summed E-state index contributed by atoms with van der Waals surface area (Å²) in [5, 5.41) is 0. The van der Waals surface area contributed by atoms with Gasteiger partial charge in [0, 0.05) is 47.3 Å². The first kappa shape index (κ1) is 20.7. The number of piperazine rings is 1. The van der Waals surface area contributed by atoms with Crippen molar-refractivity contribution >= 4 is 23.0 Å². The Morgan fingerprint density at radius 1 is 1.03 bits per heavy atom. The molecule has 2 aromatic heterocycles. The lowest BCUT2D eigenvalue weighted by molar-refractivity contribution is -0.130. The van der Waals surface area contributed by atoms with Crippen molar-refractivity contribution in [2.24, 2.45) is 21.1 Å². The molecule has 3 aromatic rings. The molecule has 1 fully saturated rings. The van der Waals surface area contributed by atoms with Gasteiger partial charge < -0.3 is 19.1 Å². The minimum Gasteiger partial charge on any atom is -0.497 e. The van der Waals surface area contributed by atoms with Gasteiger partial charge in [0.05, 0.1) is 13.5 Å². The zero-order valence-corrected chi connectivity index (χ0v) is 18.2. The number of rotatable bonds is 4. The molecule has 4 rings (SSSR count). The number of hydrogen-bond acceptors (Lipinski definition) is 6. The molecule has 1 aliphatic rings. The van der Waals surface area contributed by atoms with E-state index < -0.39 is 5.69 Å². The normalized spacial score (nSPS) is 14.3. The lowest BCUT2D eigenvalue weighted by Crippen LogP contribution is -2.49. The van der Waals surface area contributed by atoms with Gasteiger partial charge in [-0.15, -0.1) is 0 Å². The van der Waals surface area contributed by atoms with Crippen LogP contribution in [-0.2, 0) is 32.4 Å². The van der Waals surface area contributed by atoms with Gasteiger partial charge in [0.25, 0.3) is 5.56 Å². The molecule has 1 saturated heterocycles. The Balaban J connectivity index is 1.50. The number of aromatic nitrogens is 4. The van der Waals surface area contributed by atoms with Crippen LogP contribution in [0.3, 0.4) is 0 Å². The number of fused-ring (bicyclic) bond motifs is 1. The van der Waals surface area contributed by atoms with Crippen LogP contribution < -0.4 is 20.9 Å². The number of anilines is 1. The highest BCUT2D eigenvalue weighted by Gasteiger charge is 2.26. The van der Waals surface area contributed by atoms with E-state index >= 15 is 0 Å². The van der Waals surface area contributed by atoms with Crippen molar-refractivity contribution in [2.45, 2.75) is 6.42 Å². The number of carbonyl (C=O) groups excluding carboxylic acids is 1. The first-order valence-electron chi connectivity index (χ1n) is 10.1. The van der Waals surface area contributed by atoms with Gasteiger partial charge in [-0.05, 0) is 17.7 Å². The second-order valence-electron chi connectivity index (χ2n) is 7.74. The maximum absolute atomic E-state index is 12.7. The highest BCUT2D eigenvalue weighted by molar-refractivity contribution is 5.79. The molecule has 1 aromatic carbocycles. The number of hydrogen-bond donors (Lipinski definition) is 0. The lowest BCUT2D eigenvalue weighted by Gasteiger charge is -2.35. The van der Waals surface area contributed by atoms with Gasteiger partial charge in [-0.2, -0.15) is 4.98 Å². The number of nitrogens with zero attached hydrogens (tertiary/aromatic N) is 6. The smallest absolute Gasteiger partial charge is 0.332 e. The summed E-state index contributed by atoms with van der Waals surface area (Å²) in [5.74, 6) is 1.42. The van der Waals surface area contributed by atoms with Crippen molar-refractivity contribution in [3.8, 4) is 5.75 Å². The summed E-state index contributed by atoms with van der Waals surface area (Å²) >= 11 is 0. The van der Waals surface area contributed by atoms with Gasteiger partial charge in [-0.3, -0.25) is 18.7 Å². The summed E-state index contributed by atoms with van der Waals surface area (Å²) in [6.07, 6.45) is 0.321. The molecule has 1 aliphatic heterocycles. The van der Waals surface area contributed by atoms with Gasteiger partial charge >= 0.3 is 5.69 Å². The van der Waals surface area contributed by atoms with E-state index in [-0.39, 0.29) is 11.5 Å². The summed E-state index contributed by atoms with van der Waals surface area (Å²) in [7, 11) is 6.45. The number of amides is 1. The summed E-state index contributed by atoms with van der Waals surface area (Å²) in [5.41, 5.74) is 0.888. The predicted molar refractivity (Wildman–Crippen MR) is 117 cm³/mol. The lowest BCUT2D eigenvalue weighted by atomic mass is 10.1. The number of benzene rings is 1. The zero-order chi connectivity index (χ0) is 22.3. The number of imidazole rings is 1. The van der Waals surface area contributed by atoms with Crippen LogP contribution >= 0.6 is 0 Å². The van der Waals surface area contributed by atoms with Crippen LogP contribution in [0.25, 0.3) is 11.2 Å². The number of carbonyl (C=O) groups is 1. The van der Waals surface area contributed by atoms with Crippen molar-refractivity contribution in [3.05, 3.63) is 50.7 Å². The maximum Gasteiger partial charge on any atom is 0.332 e. The predicted octanol–water partition coefficient (Wildman–Crippen LogP) is -0.129. The second-order valence-corrected chi connectivity index (χ2v) is 7.74. The van der Waals surface area contributed by atoms with E-state index in [4.69, 9.17) is 4.74 Å². The van der Waals surface area contributed by atoms with Crippen LogP contribution in [-0.4, -0.2) is 62.8 Å². The van der Waals surface area contributed by atoms with E-state index in [1.54, 1.807) is 25.8 Å². The number of ether oxygens (including phenoxy) is 1. The molecular weight excluding hydrogens is 400 g/mol. The van der Waals surface area contributed by atoms with Crippen LogP contribution in [0.5, 0.6) is 5.75 Å². The molecule has 0 bridgehead atoms. The molecule has 1 amide bonds. The molecule has 31 heavy (non-hydrogen) atoms. The third-order valence-corrected chi connectivity index (χ3v) is 5.86. The summed E-state index contributed by atoms with van der Waals surface area (Å²) in [4.78, 5) is 46.0. The van der Waals surface area contributed by atoms with Crippen molar-refractivity contribution in [1.82, 2.24) is 23.6 Å². The molecule has 0 spiro atoms.